The molecule has 0 fully saturated rings. The Morgan fingerprint density at radius 2 is 2.00 bits per heavy atom. The first-order valence-corrected chi connectivity index (χ1v) is 9.39. The number of benzene rings is 2. The lowest BCUT2D eigenvalue weighted by atomic mass is 10.1. The summed E-state index contributed by atoms with van der Waals surface area (Å²) in [6, 6.07) is 14.5. The van der Waals surface area contributed by atoms with Crippen LogP contribution in [0.25, 0.3) is 0 Å². The highest BCUT2D eigenvalue weighted by atomic mass is 16.5. The summed E-state index contributed by atoms with van der Waals surface area (Å²) in [5.74, 6) is 0.717. The zero-order valence-electron chi connectivity index (χ0n) is 15.9. The summed E-state index contributed by atoms with van der Waals surface area (Å²) in [5.41, 5.74) is 5.01. The van der Waals surface area contributed by atoms with Crippen LogP contribution in [0.5, 0.6) is 5.75 Å². The number of para-hydroxylation sites is 1. The Hall–Kier alpha value is -2.49. The Morgan fingerprint density at radius 3 is 2.85 bits per heavy atom. The largest absolute Gasteiger partial charge is 0.481 e. The molecule has 4 heteroatoms. The Morgan fingerprint density at radius 1 is 1.19 bits per heavy atom. The first-order valence-electron chi connectivity index (χ1n) is 9.39. The second kappa shape index (κ2) is 8.26. The van der Waals surface area contributed by atoms with Gasteiger partial charge in [-0.3, -0.25) is 4.79 Å². The van der Waals surface area contributed by atoms with Gasteiger partial charge in [0.2, 0.25) is 0 Å². The summed E-state index contributed by atoms with van der Waals surface area (Å²) in [7, 11) is 0. The number of hydrogen-bond acceptors (Lipinski definition) is 3. The van der Waals surface area contributed by atoms with E-state index in [0.717, 1.165) is 37.2 Å². The molecular weight excluding hydrogens is 324 g/mol. The predicted molar refractivity (Wildman–Crippen MR) is 106 cm³/mol. The van der Waals surface area contributed by atoms with Crippen LogP contribution in [0.3, 0.4) is 0 Å². The topological polar surface area (TPSA) is 41.6 Å². The average Bonchev–Trinajstić information content (AvgIpc) is 3.05. The highest BCUT2D eigenvalue weighted by molar-refractivity contribution is 5.80. The molecule has 3 rings (SSSR count). The van der Waals surface area contributed by atoms with Gasteiger partial charge >= 0.3 is 0 Å². The molecule has 0 unspecified atom stereocenters. The fourth-order valence-electron chi connectivity index (χ4n) is 3.36. The second-order valence-electron chi connectivity index (χ2n) is 6.97. The van der Waals surface area contributed by atoms with Crippen LogP contribution >= 0.6 is 0 Å². The first kappa shape index (κ1) is 18.3. The molecule has 0 aliphatic carbocycles. The van der Waals surface area contributed by atoms with E-state index in [9.17, 15) is 4.79 Å². The molecule has 1 heterocycles. The summed E-state index contributed by atoms with van der Waals surface area (Å²) in [6.07, 6.45) is 1.54. The molecule has 0 bridgehead atoms. The summed E-state index contributed by atoms with van der Waals surface area (Å²) in [5, 5.41) is 2.99. The number of nitrogens with one attached hydrogen (secondary N) is 1. The van der Waals surface area contributed by atoms with E-state index in [2.05, 4.69) is 34.5 Å². The third-order valence-corrected chi connectivity index (χ3v) is 5.12. The molecular formula is C22H28N2O2. The van der Waals surface area contributed by atoms with Crippen molar-refractivity contribution in [1.82, 2.24) is 5.32 Å². The third-order valence-electron chi connectivity index (χ3n) is 5.12. The lowest BCUT2D eigenvalue weighted by molar-refractivity contribution is -0.127. The molecule has 4 nitrogen and oxygen atoms in total. The number of rotatable bonds is 7. The van der Waals surface area contributed by atoms with Crippen LogP contribution in [0.4, 0.5) is 5.69 Å². The van der Waals surface area contributed by atoms with Gasteiger partial charge in [0.25, 0.3) is 5.91 Å². The Balaban J connectivity index is 1.42. The molecule has 26 heavy (non-hydrogen) atoms. The van der Waals surface area contributed by atoms with Crippen molar-refractivity contribution in [2.24, 2.45) is 0 Å². The molecule has 1 aliphatic heterocycles. The molecule has 2 aromatic carbocycles. The number of hydrogen-bond donors (Lipinski definition) is 1. The minimum absolute atomic E-state index is 0.0623. The lowest BCUT2D eigenvalue weighted by Crippen LogP contribution is -2.38. The van der Waals surface area contributed by atoms with Crippen LogP contribution in [-0.4, -0.2) is 31.6 Å². The zero-order valence-corrected chi connectivity index (χ0v) is 15.9. The summed E-state index contributed by atoms with van der Waals surface area (Å²) >= 11 is 0. The maximum Gasteiger partial charge on any atom is 0.260 e. The smallest absolute Gasteiger partial charge is 0.260 e. The molecule has 1 amide bonds. The number of fused-ring (bicyclic) bond motifs is 1. The van der Waals surface area contributed by atoms with Crippen molar-refractivity contribution < 1.29 is 9.53 Å². The Bertz CT molecular complexity index is 772. The highest BCUT2D eigenvalue weighted by Crippen LogP contribution is 2.27. The van der Waals surface area contributed by atoms with Crippen LogP contribution < -0.4 is 15.0 Å². The number of aryl methyl sites for hydroxylation is 1. The number of nitrogens with zero attached hydrogens (tertiary/aromatic N) is 1. The van der Waals surface area contributed by atoms with E-state index in [1.165, 1.54) is 16.8 Å². The summed E-state index contributed by atoms with van der Waals surface area (Å²) in [4.78, 5) is 14.7. The van der Waals surface area contributed by atoms with Crippen LogP contribution in [0.15, 0.2) is 42.5 Å². The molecule has 0 spiro atoms. The van der Waals surface area contributed by atoms with E-state index in [-0.39, 0.29) is 5.91 Å². The van der Waals surface area contributed by atoms with Crippen LogP contribution in [0.2, 0.25) is 0 Å². The van der Waals surface area contributed by atoms with Crippen molar-refractivity contribution in [3.8, 4) is 5.75 Å². The molecule has 0 radical (unpaired) electrons. The maximum absolute atomic E-state index is 12.3. The predicted octanol–water partition coefficient (Wildman–Crippen LogP) is 3.64. The van der Waals surface area contributed by atoms with Crippen molar-refractivity contribution in [3.05, 3.63) is 59.2 Å². The van der Waals surface area contributed by atoms with Crippen molar-refractivity contribution in [2.45, 2.75) is 39.7 Å². The average molecular weight is 352 g/mol. The number of carbonyl (C=O) groups excluding carboxylic acids is 1. The van der Waals surface area contributed by atoms with Gasteiger partial charge < -0.3 is 15.0 Å². The number of anilines is 1. The second-order valence-corrected chi connectivity index (χ2v) is 6.97. The number of carbonyl (C=O) groups is 1. The van der Waals surface area contributed by atoms with Crippen molar-refractivity contribution >= 4 is 11.6 Å². The van der Waals surface area contributed by atoms with Crippen molar-refractivity contribution in [3.63, 3.8) is 0 Å². The van der Waals surface area contributed by atoms with E-state index in [0.29, 0.717) is 6.54 Å². The van der Waals surface area contributed by atoms with Gasteiger partial charge in [-0.2, -0.15) is 0 Å². The van der Waals surface area contributed by atoms with Crippen molar-refractivity contribution in [1.29, 1.82) is 0 Å². The molecule has 1 atom stereocenters. The summed E-state index contributed by atoms with van der Waals surface area (Å²) in [6.45, 7) is 8.56. The van der Waals surface area contributed by atoms with Gasteiger partial charge in [0.05, 0.1) is 0 Å². The molecule has 1 aliphatic rings. The molecule has 0 aromatic heterocycles. The van der Waals surface area contributed by atoms with E-state index in [1.54, 1.807) is 6.92 Å². The monoisotopic (exact) mass is 352 g/mol. The SMILES string of the molecule is Cc1cccc(O[C@@H](C)C(=O)NCCCN2CCc3ccccc32)c1C. The first-order chi connectivity index (χ1) is 12.6. The van der Waals surface area contributed by atoms with Gasteiger partial charge in [-0.05, 0) is 62.4 Å². The maximum atomic E-state index is 12.3. The van der Waals surface area contributed by atoms with Gasteiger partial charge in [0, 0.05) is 25.3 Å². The molecule has 2 aromatic rings. The fraction of sp³-hybridized carbons (Fsp3) is 0.409. The van der Waals surface area contributed by atoms with Gasteiger partial charge in [0.1, 0.15) is 5.75 Å². The fourth-order valence-corrected chi connectivity index (χ4v) is 3.36. The van der Waals surface area contributed by atoms with Gasteiger partial charge in [0.15, 0.2) is 6.10 Å². The minimum atomic E-state index is -0.497. The number of amides is 1. The third kappa shape index (κ3) is 4.18. The summed E-state index contributed by atoms with van der Waals surface area (Å²) < 4.78 is 5.84. The van der Waals surface area contributed by atoms with Crippen LogP contribution in [0, 0.1) is 13.8 Å². The standard InChI is InChI=1S/C22H28N2O2/c1-16-8-6-11-21(17(16)2)26-18(3)22(25)23-13-7-14-24-15-12-19-9-4-5-10-20(19)24/h4-6,8-11,18H,7,12-15H2,1-3H3,(H,23,25)/t18-/m0/s1. The van der Waals surface area contributed by atoms with Gasteiger partial charge in [-0.1, -0.05) is 30.3 Å². The van der Waals surface area contributed by atoms with E-state index in [1.807, 2.05) is 32.0 Å². The Labute approximate surface area is 156 Å². The Kier molecular flexibility index (Phi) is 5.82. The van der Waals surface area contributed by atoms with Crippen molar-refractivity contribution in [2.75, 3.05) is 24.5 Å². The van der Waals surface area contributed by atoms with E-state index >= 15 is 0 Å². The molecule has 1 N–H and O–H groups in total. The van der Waals surface area contributed by atoms with Crippen LogP contribution in [-0.2, 0) is 11.2 Å². The van der Waals surface area contributed by atoms with E-state index in [4.69, 9.17) is 4.74 Å². The highest BCUT2D eigenvalue weighted by Gasteiger charge is 2.18. The van der Waals surface area contributed by atoms with Crippen LogP contribution in [0.1, 0.15) is 30.0 Å². The minimum Gasteiger partial charge on any atom is -0.481 e. The molecule has 0 saturated carbocycles. The lowest BCUT2D eigenvalue weighted by Gasteiger charge is -2.20. The quantitative estimate of drug-likeness (QED) is 0.774. The van der Waals surface area contributed by atoms with Gasteiger partial charge in [-0.15, -0.1) is 0 Å². The van der Waals surface area contributed by atoms with Gasteiger partial charge in [-0.25, -0.2) is 0 Å². The zero-order chi connectivity index (χ0) is 18.5. The number of ether oxygens (including phenoxy) is 1. The normalized spacial score (nSPS) is 14.0. The molecule has 0 saturated heterocycles. The van der Waals surface area contributed by atoms with E-state index < -0.39 is 6.10 Å². The molecule has 138 valence electrons.